The summed E-state index contributed by atoms with van der Waals surface area (Å²) in [6.45, 7) is 1.16. The van der Waals surface area contributed by atoms with Crippen LogP contribution in [0.25, 0.3) is 0 Å². The molecule has 2 aromatic heterocycles. The summed E-state index contributed by atoms with van der Waals surface area (Å²) in [5.74, 6) is -0.232. The summed E-state index contributed by atoms with van der Waals surface area (Å²) in [5, 5.41) is 6.17. The Hall–Kier alpha value is -3.26. The van der Waals surface area contributed by atoms with E-state index in [4.69, 9.17) is 0 Å². The Morgan fingerprint density at radius 2 is 1.75 bits per heavy atom. The highest BCUT2D eigenvalue weighted by atomic mass is 32.1. The molecule has 142 valence electrons. The third-order valence-corrected chi connectivity index (χ3v) is 5.59. The molecule has 3 amide bonds. The average Bonchev–Trinajstić information content (AvgIpc) is 3.02. The standard InChI is InChI=1S/C20H19N5O2S/c26-18(22-15-7-4-10-21-13-15)19-24-16-8-11-25(12-9-17(16)28-19)20(27)23-14-5-2-1-3-6-14/h1-7,10,13H,8-9,11-12H2,(H,22,26)(H,23,27). The van der Waals surface area contributed by atoms with Gasteiger partial charge in [0.1, 0.15) is 0 Å². The molecular formula is C20H19N5O2S. The van der Waals surface area contributed by atoms with Crippen molar-refractivity contribution in [1.82, 2.24) is 14.9 Å². The number of carbonyl (C=O) groups excluding carboxylic acids is 2. The number of carbonyl (C=O) groups is 2. The molecule has 1 aliphatic heterocycles. The summed E-state index contributed by atoms with van der Waals surface area (Å²) >= 11 is 1.39. The van der Waals surface area contributed by atoms with Gasteiger partial charge in [-0.15, -0.1) is 11.3 Å². The van der Waals surface area contributed by atoms with E-state index in [-0.39, 0.29) is 11.9 Å². The van der Waals surface area contributed by atoms with Gasteiger partial charge in [-0.05, 0) is 24.3 Å². The van der Waals surface area contributed by atoms with Crippen LogP contribution >= 0.6 is 11.3 Å². The highest BCUT2D eigenvalue weighted by molar-refractivity contribution is 7.13. The van der Waals surface area contributed by atoms with E-state index in [9.17, 15) is 9.59 Å². The van der Waals surface area contributed by atoms with Crippen LogP contribution < -0.4 is 10.6 Å². The van der Waals surface area contributed by atoms with Crippen LogP contribution in [0.4, 0.5) is 16.2 Å². The van der Waals surface area contributed by atoms with Crippen LogP contribution in [-0.2, 0) is 12.8 Å². The second kappa shape index (κ2) is 8.18. The normalized spacial score (nSPS) is 13.4. The number of aromatic nitrogens is 2. The lowest BCUT2D eigenvalue weighted by atomic mass is 10.2. The number of hydrogen-bond donors (Lipinski definition) is 2. The van der Waals surface area contributed by atoms with Crippen molar-refractivity contribution in [2.75, 3.05) is 23.7 Å². The van der Waals surface area contributed by atoms with Crippen LogP contribution in [-0.4, -0.2) is 39.9 Å². The first-order chi connectivity index (χ1) is 13.7. The van der Waals surface area contributed by atoms with Crippen molar-refractivity contribution in [3.8, 4) is 0 Å². The lowest BCUT2D eigenvalue weighted by Crippen LogP contribution is -2.36. The number of amides is 3. The Labute approximate surface area is 166 Å². The SMILES string of the molecule is O=C(Nc1cccnc1)c1nc2c(s1)CCN(C(=O)Nc1ccccc1)CC2. The van der Waals surface area contributed by atoms with Crippen LogP contribution in [0.1, 0.15) is 20.4 Å². The van der Waals surface area contributed by atoms with Crippen LogP contribution in [0.15, 0.2) is 54.9 Å². The molecular weight excluding hydrogens is 374 g/mol. The molecule has 0 aliphatic carbocycles. The van der Waals surface area contributed by atoms with Gasteiger partial charge in [-0.2, -0.15) is 0 Å². The van der Waals surface area contributed by atoms with E-state index in [1.54, 1.807) is 29.4 Å². The highest BCUT2D eigenvalue weighted by Gasteiger charge is 2.23. The number of para-hydroxylation sites is 1. The number of thiazole rings is 1. The molecule has 8 heteroatoms. The zero-order valence-electron chi connectivity index (χ0n) is 15.1. The molecule has 3 aromatic rings. The molecule has 0 radical (unpaired) electrons. The highest BCUT2D eigenvalue weighted by Crippen LogP contribution is 2.24. The quantitative estimate of drug-likeness (QED) is 0.714. The lowest BCUT2D eigenvalue weighted by molar-refractivity contribution is 0.102. The molecule has 4 rings (SSSR count). The molecule has 0 unspecified atom stereocenters. The molecule has 0 fully saturated rings. The van der Waals surface area contributed by atoms with Crippen molar-refractivity contribution in [3.63, 3.8) is 0 Å². The summed E-state index contributed by atoms with van der Waals surface area (Å²) < 4.78 is 0. The Morgan fingerprint density at radius 1 is 0.964 bits per heavy atom. The third-order valence-electron chi connectivity index (χ3n) is 4.43. The van der Waals surface area contributed by atoms with Crippen molar-refractivity contribution in [2.45, 2.75) is 12.8 Å². The van der Waals surface area contributed by atoms with Crippen molar-refractivity contribution < 1.29 is 9.59 Å². The summed E-state index contributed by atoms with van der Waals surface area (Å²) in [5.41, 5.74) is 2.32. The average molecular weight is 393 g/mol. The van der Waals surface area contributed by atoms with Gasteiger partial charge in [0.05, 0.1) is 17.6 Å². The van der Waals surface area contributed by atoms with Crippen LogP contribution in [0.2, 0.25) is 0 Å². The second-order valence-corrected chi connectivity index (χ2v) is 7.45. The van der Waals surface area contributed by atoms with Gasteiger partial charge in [0.25, 0.3) is 5.91 Å². The van der Waals surface area contributed by atoms with Gasteiger partial charge >= 0.3 is 6.03 Å². The minimum absolute atomic E-state index is 0.115. The molecule has 1 aliphatic rings. The molecule has 3 heterocycles. The van der Waals surface area contributed by atoms with E-state index in [0.29, 0.717) is 36.6 Å². The van der Waals surface area contributed by atoms with E-state index in [1.807, 2.05) is 30.3 Å². The molecule has 0 bridgehead atoms. The molecule has 28 heavy (non-hydrogen) atoms. The smallest absolute Gasteiger partial charge is 0.321 e. The van der Waals surface area contributed by atoms with Gasteiger partial charge in [-0.1, -0.05) is 18.2 Å². The van der Waals surface area contributed by atoms with E-state index in [2.05, 4.69) is 20.6 Å². The molecule has 0 atom stereocenters. The summed E-state index contributed by atoms with van der Waals surface area (Å²) in [7, 11) is 0. The van der Waals surface area contributed by atoms with Crippen LogP contribution in [0.5, 0.6) is 0 Å². The maximum absolute atomic E-state index is 12.5. The fraction of sp³-hybridized carbons (Fsp3) is 0.200. The van der Waals surface area contributed by atoms with E-state index >= 15 is 0 Å². The Bertz CT molecular complexity index is 949. The van der Waals surface area contributed by atoms with Gasteiger partial charge in [0.15, 0.2) is 5.01 Å². The number of rotatable bonds is 3. The first-order valence-electron chi connectivity index (χ1n) is 9.00. The number of nitrogens with zero attached hydrogens (tertiary/aromatic N) is 3. The predicted octanol–water partition coefficient (Wildman–Crippen LogP) is 3.42. The number of nitrogens with one attached hydrogen (secondary N) is 2. The summed E-state index contributed by atoms with van der Waals surface area (Å²) in [4.78, 5) is 36.3. The van der Waals surface area contributed by atoms with Crippen molar-refractivity contribution in [3.05, 3.63) is 70.4 Å². The number of pyridine rings is 1. The van der Waals surface area contributed by atoms with Gasteiger partial charge in [0, 0.05) is 42.7 Å². The number of hydrogen-bond acceptors (Lipinski definition) is 5. The predicted molar refractivity (Wildman–Crippen MR) is 109 cm³/mol. The van der Waals surface area contributed by atoms with Gasteiger partial charge in [-0.25, -0.2) is 9.78 Å². The van der Waals surface area contributed by atoms with Crippen molar-refractivity contribution >= 4 is 34.6 Å². The first kappa shape index (κ1) is 18.1. The summed E-state index contributed by atoms with van der Waals surface area (Å²) in [6, 6.07) is 12.8. The molecule has 0 saturated carbocycles. The molecule has 7 nitrogen and oxygen atoms in total. The zero-order chi connectivity index (χ0) is 19.3. The van der Waals surface area contributed by atoms with E-state index < -0.39 is 0 Å². The molecule has 0 spiro atoms. The zero-order valence-corrected chi connectivity index (χ0v) is 15.9. The second-order valence-electron chi connectivity index (χ2n) is 6.37. The Balaban J connectivity index is 1.38. The van der Waals surface area contributed by atoms with Crippen LogP contribution in [0.3, 0.4) is 0 Å². The Morgan fingerprint density at radius 3 is 2.54 bits per heavy atom. The number of anilines is 2. The largest absolute Gasteiger partial charge is 0.324 e. The first-order valence-corrected chi connectivity index (χ1v) is 9.81. The van der Waals surface area contributed by atoms with E-state index in [1.165, 1.54) is 11.3 Å². The number of benzene rings is 1. The Kier molecular flexibility index (Phi) is 5.29. The lowest BCUT2D eigenvalue weighted by Gasteiger charge is -2.20. The fourth-order valence-electron chi connectivity index (χ4n) is 3.01. The number of fused-ring (bicyclic) bond motifs is 1. The third kappa shape index (κ3) is 4.17. The van der Waals surface area contributed by atoms with Gasteiger partial charge in [0.2, 0.25) is 0 Å². The maximum atomic E-state index is 12.5. The molecule has 0 saturated heterocycles. The topological polar surface area (TPSA) is 87.2 Å². The molecule has 1 aromatic carbocycles. The van der Waals surface area contributed by atoms with E-state index in [0.717, 1.165) is 16.3 Å². The number of urea groups is 1. The van der Waals surface area contributed by atoms with Gasteiger partial charge in [-0.3, -0.25) is 9.78 Å². The molecule has 2 N–H and O–H groups in total. The fourth-order valence-corrected chi connectivity index (χ4v) is 4.00. The van der Waals surface area contributed by atoms with Crippen molar-refractivity contribution in [2.24, 2.45) is 0 Å². The minimum atomic E-state index is -0.232. The minimum Gasteiger partial charge on any atom is -0.324 e. The summed E-state index contributed by atoms with van der Waals surface area (Å²) in [6.07, 6.45) is 4.57. The maximum Gasteiger partial charge on any atom is 0.321 e. The van der Waals surface area contributed by atoms with Gasteiger partial charge < -0.3 is 15.5 Å². The van der Waals surface area contributed by atoms with Crippen molar-refractivity contribution in [1.29, 1.82) is 0 Å². The van der Waals surface area contributed by atoms with Crippen LogP contribution in [0, 0.1) is 0 Å². The monoisotopic (exact) mass is 393 g/mol.